The number of hydrogen-bond acceptors (Lipinski definition) is 3. The van der Waals surface area contributed by atoms with E-state index in [1.165, 1.54) is 41.1 Å². The third-order valence-electron chi connectivity index (χ3n) is 5.16. The molecule has 28 heavy (non-hydrogen) atoms. The van der Waals surface area contributed by atoms with Gasteiger partial charge in [0.05, 0.1) is 11.8 Å². The molecule has 3 rings (SSSR count). The topological polar surface area (TPSA) is 44.7 Å². The molecule has 1 aliphatic heterocycles. The van der Waals surface area contributed by atoms with E-state index in [0.29, 0.717) is 5.56 Å². The Bertz CT molecular complexity index is 959. The predicted molar refractivity (Wildman–Crippen MR) is 113 cm³/mol. The van der Waals surface area contributed by atoms with Gasteiger partial charge in [0.15, 0.2) is 0 Å². The molecule has 0 saturated carbocycles. The summed E-state index contributed by atoms with van der Waals surface area (Å²) in [5.74, 6) is -0.751. The Morgan fingerprint density at radius 3 is 2.54 bits per heavy atom. The van der Waals surface area contributed by atoms with Crippen LogP contribution in [-0.4, -0.2) is 24.2 Å². The lowest BCUT2D eigenvalue weighted by molar-refractivity contribution is 0.0955. The normalized spacial score (nSPS) is 15.4. The van der Waals surface area contributed by atoms with Crippen molar-refractivity contribution in [3.63, 3.8) is 0 Å². The minimum Gasteiger partial charge on any atom is -0.363 e. The average molecular weight is 379 g/mol. The number of rotatable bonds is 4. The number of carbonyl (C=O) groups excluding carboxylic acids is 1. The summed E-state index contributed by atoms with van der Waals surface area (Å²) < 4.78 is 13.0. The molecule has 4 nitrogen and oxygen atoms in total. The van der Waals surface area contributed by atoms with Gasteiger partial charge in [-0.3, -0.25) is 4.79 Å². The number of nitrogens with zero attached hydrogens (tertiary/aromatic N) is 2. The van der Waals surface area contributed by atoms with Crippen LogP contribution in [0.15, 0.2) is 47.6 Å². The fourth-order valence-electron chi connectivity index (χ4n) is 3.79. The molecule has 1 N–H and O–H groups in total. The lowest BCUT2D eigenvalue weighted by Crippen LogP contribution is -2.45. The van der Waals surface area contributed by atoms with Crippen LogP contribution in [0.2, 0.25) is 0 Å². The zero-order valence-electron chi connectivity index (χ0n) is 17.0. The van der Waals surface area contributed by atoms with E-state index in [9.17, 15) is 9.18 Å². The van der Waals surface area contributed by atoms with Crippen LogP contribution < -0.4 is 10.3 Å². The van der Waals surface area contributed by atoms with Crippen molar-refractivity contribution in [2.45, 2.75) is 40.2 Å². The highest BCUT2D eigenvalue weighted by atomic mass is 19.1. The summed E-state index contributed by atoms with van der Waals surface area (Å²) >= 11 is 0. The van der Waals surface area contributed by atoms with Crippen molar-refractivity contribution >= 4 is 23.4 Å². The van der Waals surface area contributed by atoms with Gasteiger partial charge in [0.25, 0.3) is 5.91 Å². The van der Waals surface area contributed by atoms with Crippen LogP contribution in [-0.2, 0) is 0 Å². The molecule has 0 spiro atoms. The smallest absolute Gasteiger partial charge is 0.271 e. The minimum absolute atomic E-state index is 0.0307. The second-order valence-electron chi connectivity index (χ2n) is 7.66. The number of fused-ring (bicyclic) bond motifs is 1. The van der Waals surface area contributed by atoms with Crippen molar-refractivity contribution in [1.82, 2.24) is 5.43 Å². The van der Waals surface area contributed by atoms with Gasteiger partial charge in [-0.1, -0.05) is 6.08 Å². The Hall–Kier alpha value is -2.95. The van der Waals surface area contributed by atoms with Gasteiger partial charge >= 0.3 is 0 Å². The van der Waals surface area contributed by atoms with Crippen molar-refractivity contribution < 1.29 is 9.18 Å². The molecule has 0 saturated heterocycles. The van der Waals surface area contributed by atoms with Crippen LogP contribution in [0.25, 0.3) is 5.57 Å². The molecule has 0 aliphatic carbocycles. The molecule has 146 valence electrons. The molecule has 0 unspecified atom stereocenters. The number of aryl methyl sites for hydroxylation is 1. The molecule has 0 fully saturated rings. The van der Waals surface area contributed by atoms with Gasteiger partial charge in [0, 0.05) is 23.4 Å². The number of allylic oxidation sites excluding steroid dienone is 1. The van der Waals surface area contributed by atoms with Gasteiger partial charge in [0.2, 0.25) is 0 Å². The lowest BCUT2D eigenvalue weighted by atomic mass is 9.87. The van der Waals surface area contributed by atoms with Crippen LogP contribution >= 0.6 is 0 Å². The van der Waals surface area contributed by atoms with E-state index < -0.39 is 0 Å². The van der Waals surface area contributed by atoms with Gasteiger partial charge in [-0.2, -0.15) is 5.10 Å². The number of nitrogens with one attached hydrogen (secondary N) is 1. The summed E-state index contributed by atoms with van der Waals surface area (Å²) in [4.78, 5) is 14.5. The van der Waals surface area contributed by atoms with Crippen molar-refractivity contribution in [2.24, 2.45) is 5.10 Å². The summed E-state index contributed by atoms with van der Waals surface area (Å²) in [6.45, 7) is 11.7. The molecule has 1 heterocycles. The fourth-order valence-corrected chi connectivity index (χ4v) is 3.79. The molecule has 0 atom stereocenters. The highest BCUT2D eigenvalue weighted by Crippen LogP contribution is 2.39. The molecule has 0 bridgehead atoms. The van der Waals surface area contributed by atoms with Crippen molar-refractivity contribution in [3.8, 4) is 0 Å². The molecule has 1 aliphatic rings. The number of hydrazone groups is 1. The number of halogens is 1. The van der Waals surface area contributed by atoms with Crippen LogP contribution in [0.1, 0.15) is 54.7 Å². The second-order valence-corrected chi connectivity index (χ2v) is 7.66. The lowest BCUT2D eigenvalue weighted by Gasteiger charge is -2.43. The van der Waals surface area contributed by atoms with E-state index >= 15 is 0 Å². The number of likely N-dealkylation sites (N-methyl/N-ethyl adjacent to an activating group) is 1. The molecule has 0 radical (unpaired) electrons. The van der Waals surface area contributed by atoms with E-state index in [1.54, 1.807) is 6.21 Å². The highest BCUT2D eigenvalue weighted by molar-refractivity contribution is 5.95. The monoisotopic (exact) mass is 379 g/mol. The maximum absolute atomic E-state index is 13.0. The summed E-state index contributed by atoms with van der Waals surface area (Å²) in [6, 6.07) is 9.66. The molecule has 1 amide bonds. The molecule has 2 aromatic carbocycles. The summed E-state index contributed by atoms with van der Waals surface area (Å²) in [5, 5.41) is 4.09. The Morgan fingerprint density at radius 1 is 1.21 bits per heavy atom. The fraction of sp³-hybridized carbons (Fsp3) is 0.304. The van der Waals surface area contributed by atoms with Crippen LogP contribution in [0, 0.1) is 12.7 Å². The van der Waals surface area contributed by atoms with E-state index in [4.69, 9.17) is 0 Å². The third kappa shape index (κ3) is 3.84. The van der Waals surface area contributed by atoms with Crippen LogP contribution in [0.3, 0.4) is 0 Å². The Morgan fingerprint density at radius 2 is 1.89 bits per heavy atom. The summed E-state index contributed by atoms with van der Waals surface area (Å²) in [5.41, 5.74) is 8.49. The quantitative estimate of drug-likeness (QED) is 0.605. The molecule has 0 aromatic heterocycles. The standard InChI is InChI=1S/C23H26FN3O/c1-6-27-21-11-15(2)18(12-20(21)16(3)13-23(27,4)5)14-25-26-22(28)17-7-9-19(24)10-8-17/h7-14H,6H2,1-5H3,(H,26,28)/b25-14+. The number of hydrogen-bond donors (Lipinski definition) is 1. The predicted octanol–water partition coefficient (Wildman–Crippen LogP) is 4.92. The zero-order chi connectivity index (χ0) is 20.5. The Labute approximate surface area is 165 Å². The number of anilines is 1. The van der Waals surface area contributed by atoms with Gasteiger partial charge in [-0.25, -0.2) is 9.82 Å². The van der Waals surface area contributed by atoms with Crippen molar-refractivity contribution in [2.75, 3.05) is 11.4 Å². The van der Waals surface area contributed by atoms with Crippen LogP contribution in [0.5, 0.6) is 0 Å². The SMILES string of the molecule is CCN1c2cc(C)c(/C=N/NC(=O)c3ccc(F)cc3)cc2C(C)=CC1(C)C. The highest BCUT2D eigenvalue weighted by Gasteiger charge is 2.30. The summed E-state index contributed by atoms with van der Waals surface area (Å²) in [6.07, 6.45) is 3.94. The Balaban J connectivity index is 1.84. The molecular weight excluding hydrogens is 353 g/mol. The van der Waals surface area contributed by atoms with Gasteiger partial charge < -0.3 is 4.90 Å². The molecule has 2 aromatic rings. The first-order chi connectivity index (χ1) is 13.2. The van der Waals surface area contributed by atoms with Crippen molar-refractivity contribution in [3.05, 3.63) is 70.5 Å². The first-order valence-electron chi connectivity index (χ1n) is 9.44. The number of amides is 1. The maximum Gasteiger partial charge on any atom is 0.271 e. The maximum atomic E-state index is 13.0. The number of benzene rings is 2. The minimum atomic E-state index is -0.377. The zero-order valence-corrected chi connectivity index (χ0v) is 17.0. The first kappa shape index (κ1) is 19.8. The van der Waals surface area contributed by atoms with Gasteiger partial charge in [-0.15, -0.1) is 0 Å². The average Bonchev–Trinajstić information content (AvgIpc) is 2.62. The van der Waals surface area contributed by atoms with Crippen LogP contribution in [0.4, 0.5) is 10.1 Å². The third-order valence-corrected chi connectivity index (χ3v) is 5.16. The van der Waals surface area contributed by atoms with Crippen molar-refractivity contribution in [1.29, 1.82) is 0 Å². The second kappa shape index (κ2) is 7.58. The van der Waals surface area contributed by atoms with E-state index in [-0.39, 0.29) is 17.3 Å². The van der Waals surface area contributed by atoms with Gasteiger partial charge in [-0.05, 0) is 87.7 Å². The van der Waals surface area contributed by atoms with Gasteiger partial charge in [0.1, 0.15) is 5.82 Å². The first-order valence-corrected chi connectivity index (χ1v) is 9.44. The van der Waals surface area contributed by atoms with E-state index in [1.807, 2.05) is 6.92 Å². The van der Waals surface area contributed by atoms with E-state index in [0.717, 1.165) is 17.7 Å². The largest absolute Gasteiger partial charge is 0.363 e. The molecular formula is C23H26FN3O. The van der Waals surface area contributed by atoms with E-state index in [2.05, 4.69) is 61.3 Å². The summed E-state index contributed by atoms with van der Waals surface area (Å²) in [7, 11) is 0. The molecule has 5 heteroatoms. The Kier molecular flexibility index (Phi) is 5.36. The number of carbonyl (C=O) groups is 1.